The Hall–Kier alpha value is -2.78. The van der Waals surface area contributed by atoms with Gasteiger partial charge in [0.2, 0.25) is 23.6 Å². The van der Waals surface area contributed by atoms with Crippen LogP contribution in [0.5, 0.6) is 0 Å². The van der Waals surface area contributed by atoms with Crippen LogP contribution in [0.2, 0.25) is 0 Å². The minimum absolute atomic E-state index is 0.185. The highest BCUT2D eigenvalue weighted by molar-refractivity contribution is 6.10. The summed E-state index contributed by atoms with van der Waals surface area (Å²) in [6.45, 7) is 5.74. The molecule has 0 aromatic rings. The molecule has 10 nitrogen and oxygen atoms in total. The van der Waals surface area contributed by atoms with Crippen LogP contribution in [0.25, 0.3) is 0 Å². The van der Waals surface area contributed by atoms with Gasteiger partial charge in [0.1, 0.15) is 6.17 Å². The van der Waals surface area contributed by atoms with Crippen molar-refractivity contribution in [3.05, 3.63) is 0 Å². The average molecular weight is 328 g/mol. The molecule has 0 spiro atoms. The fraction of sp³-hybridized carbons (Fsp3) is 0.538. The van der Waals surface area contributed by atoms with Gasteiger partial charge < -0.3 is 10.6 Å². The van der Waals surface area contributed by atoms with E-state index in [9.17, 15) is 28.8 Å². The second-order valence-corrected chi connectivity index (χ2v) is 4.61. The number of urea groups is 2. The summed E-state index contributed by atoms with van der Waals surface area (Å²) in [5.41, 5.74) is 0. The zero-order valence-electron chi connectivity index (χ0n) is 13.6. The van der Waals surface area contributed by atoms with Gasteiger partial charge in [-0.15, -0.1) is 0 Å². The SMILES string of the molecule is CCC(NC(=O)N(C(C)=O)C(C)=O)NC(=O)N(C(C)=O)C(C)=O. The minimum atomic E-state index is -1.02. The molecular weight excluding hydrogens is 308 g/mol. The van der Waals surface area contributed by atoms with Crippen molar-refractivity contribution in [2.75, 3.05) is 0 Å². The Labute approximate surface area is 133 Å². The third-order valence-electron chi connectivity index (χ3n) is 2.67. The highest BCUT2D eigenvalue weighted by Crippen LogP contribution is 1.98. The summed E-state index contributed by atoms with van der Waals surface area (Å²) in [4.78, 5) is 69.6. The number of amides is 8. The number of carbonyl (C=O) groups excluding carboxylic acids is 6. The molecule has 0 rings (SSSR count). The number of carbonyl (C=O) groups is 6. The van der Waals surface area contributed by atoms with Gasteiger partial charge in [0, 0.05) is 27.7 Å². The molecule has 0 fully saturated rings. The Morgan fingerprint density at radius 3 is 1.13 bits per heavy atom. The lowest BCUT2D eigenvalue weighted by Crippen LogP contribution is -2.57. The zero-order chi connectivity index (χ0) is 18.3. The summed E-state index contributed by atoms with van der Waals surface area (Å²) >= 11 is 0. The lowest BCUT2D eigenvalue weighted by atomic mass is 10.3. The van der Waals surface area contributed by atoms with Crippen LogP contribution in [-0.2, 0) is 19.2 Å². The van der Waals surface area contributed by atoms with E-state index in [0.29, 0.717) is 9.80 Å². The van der Waals surface area contributed by atoms with Gasteiger partial charge >= 0.3 is 12.1 Å². The van der Waals surface area contributed by atoms with Crippen LogP contribution in [0.1, 0.15) is 41.0 Å². The molecule has 0 aliphatic heterocycles. The van der Waals surface area contributed by atoms with Crippen LogP contribution >= 0.6 is 0 Å². The lowest BCUT2D eigenvalue weighted by Gasteiger charge is -2.24. The van der Waals surface area contributed by atoms with Crippen LogP contribution < -0.4 is 10.6 Å². The van der Waals surface area contributed by atoms with E-state index in [0.717, 1.165) is 27.7 Å². The highest BCUT2D eigenvalue weighted by atomic mass is 16.2. The van der Waals surface area contributed by atoms with E-state index in [4.69, 9.17) is 0 Å². The van der Waals surface area contributed by atoms with Gasteiger partial charge in [-0.3, -0.25) is 19.2 Å². The van der Waals surface area contributed by atoms with Crippen LogP contribution in [0, 0.1) is 0 Å². The number of hydrogen-bond acceptors (Lipinski definition) is 6. The molecule has 2 N–H and O–H groups in total. The molecule has 0 aliphatic rings. The molecule has 23 heavy (non-hydrogen) atoms. The molecule has 0 saturated heterocycles. The Bertz CT molecular complexity index is 471. The maximum atomic E-state index is 11.9. The summed E-state index contributed by atoms with van der Waals surface area (Å²) in [6, 6.07) is -2.04. The summed E-state index contributed by atoms with van der Waals surface area (Å²) in [7, 11) is 0. The van der Waals surface area contributed by atoms with Crippen molar-refractivity contribution in [2.24, 2.45) is 0 Å². The van der Waals surface area contributed by atoms with Crippen molar-refractivity contribution in [2.45, 2.75) is 47.2 Å². The highest BCUT2D eigenvalue weighted by Gasteiger charge is 2.28. The predicted octanol–water partition coefficient (Wildman–Crippen LogP) is -0.0683. The van der Waals surface area contributed by atoms with Crippen molar-refractivity contribution >= 4 is 35.7 Å². The molecule has 10 heteroatoms. The second kappa shape index (κ2) is 8.61. The van der Waals surface area contributed by atoms with Gasteiger partial charge in [-0.2, -0.15) is 0 Å². The third-order valence-corrected chi connectivity index (χ3v) is 2.67. The van der Waals surface area contributed by atoms with E-state index in [2.05, 4.69) is 10.6 Å². The lowest BCUT2D eigenvalue weighted by molar-refractivity contribution is -0.139. The van der Waals surface area contributed by atoms with E-state index < -0.39 is 41.9 Å². The van der Waals surface area contributed by atoms with Crippen molar-refractivity contribution in [1.29, 1.82) is 0 Å². The molecule has 0 aromatic heterocycles. The standard InChI is InChI=1S/C13H20N4O6/c1-6-11(14-12(22)16(7(2)18)8(3)19)15-13(23)17(9(4)20)10(5)21/h11H,6H2,1-5H3,(H,14,22)(H,15,23). The first kappa shape index (κ1) is 20.2. The van der Waals surface area contributed by atoms with Crippen LogP contribution in [0.3, 0.4) is 0 Å². The molecule has 8 amide bonds. The van der Waals surface area contributed by atoms with Crippen molar-refractivity contribution in [1.82, 2.24) is 20.4 Å². The number of rotatable bonds is 3. The van der Waals surface area contributed by atoms with E-state index >= 15 is 0 Å². The fourth-order valence-corrected chi connectivity index (χ4v) is 1.68. The molecule has 0 bridgehead atoms. The Morgan fingerprint density at radius 1 is 0.696 bits per heavy atom. The van der Waals surface area contributed by atoms with E-state index in [1.54, 1.807) is 6.92 Å². The molecule has 0 radical (unpaired) electrons. The fourth-order valence-electron chi connectivity index (χ4n) is 1.68. The largest absolute Gasteiger partial charge is 0.332 e. The normalized spacial score (nSPS) is 9.83. The maximum Gasteiger partial charge on any atom is 0.332 e. The Morgan fingerprint density at radius 2 is 0.957 bits per heavy atom. The van der Waals surface area contributed by atoms with Crippen LogP contribution in [0.4, 0.5) is 9.59 Å². The molecule has 0 aliphatic carbocycles. The molecule has 0 aromatic carbocycles. The minimum Gasteiger partial charge on any atom is -0.317 e. The van der Waals surface area contributed by atoms with E-state index in [-0.39, 0.29) is 6.42 Å². The number of imide groups is 6. The van der Waals surface area contributed by atoms with Crippen molar-refractivity contribution < 1.29 is 28.8 Å². The maximum absolute atomic E-state index is 11.9. The van der Waals surface area contributed by atoms with Gasteiger partial charge in [-0.25, -0.2) is 19.4 Å². The Kier molecular flexibility index (Phi) is 7.57. The first-order valence-electron chi connectivity index (χ1n) is 6.76. The van der Waals surface area contributed by atoms with E-state index in [1.807, 2.05) is 0 Å². The van der Waals surface area contributed by atoms with Crippen LogP contribution in [0.15, 0.2) is 0 Å². The summed E-state index contributed by atoms with van der Waals surface area (Å²) in [5, 5.41) is 4.51. The van der Waals surface area contributed by atoms with Gasteiger partial charge in [0.15, 0.2) is 0 Å². The Balaban J connectivity index is 5.04. The molecule has 0 saturated carbocycles. The first-order chi connectivity index (χ1) is 10.5. The monoisotopic (exact) mass is 328 g/mol. The van der Waals surface area contributed by atoms with Crippen molar-refractivity contribution in [3.63, 3.8) is 0 Å². The molecule has 0 atom stereocenters. The third kappa shape index (κ3) is 5.85. The number of hydrogen-bond donors (Lipinski definition) is 2. The van der Waals surface area contributed by atoms with Gasteiger partial charge in [0.05, 0.1) is 0 Å². The number of nitrogens with one attached hydrogen (secondary N) is 2. The quantitative estimate of drug-likeness (QED) is 0.697. The van der Waals surface area contributed by atoms with Crippen LogP contribution in [-0.4, -0.2) is 51.7 Å². The number of nitrogens with zero attached hydrogens (tertiary/aromatic N) is 2. The molecule has 0 heterocycles. The van der Waals surface area contributed by atoms with E-state index in [1.165, 1.54) is 0 Å². The van der Waals surface area contributed by atoms with Gasteiger partial charge in [0.25, 0.3) is 0 Å². The zero-order valence-corrected chi connectivity index (χ0v) is 13.6. The predicted molar refractivity (Wildman–Crippen MR) is 77.5 cm³/mol. The molecule has 128 valence electrons. The summed E-state index contributed by atoms with van der Waals surface area (Å²) in [5.74, 6) is -3.15. The molecule has 0 unspecified atom stereocenters. The average Bonchev–Trinajstić information content (AvgIpc) is 2.35. The summed E-state index contributed by atoms with van der Waals surface area (Å²) < 4.78 is 0. The van der Waals surface area contributed by atoms with Gasteiger partial charge in [-0.05, 0) is 6.42 Å². The van der Waals surface area contributed by atoms with Crippen molar-refractivity contribution in [3.8, 4) is 0 Å². The smallest absolute Gasteiger partial charge is 0.317 e. The topological polar surface area (TPSA) is 133 Å². The van der Waals surface area contributed by atoms with Gasteiger partial charge in [-0.1, -0.05) is 6.92 Å². The second-order valence-electron chi connectivity index (χ2n) is 4.61. The molecular formula is C13H20N4O6. The summed E-state index contributed by atoms with van der Waals surface area (Å²) in [6.07, 6.45) is -0.803. The first-order valence-corrected chi connectivity index (χ1v) is 6.76.